The number of amides is 3. The zero-order chi connectivity index (χ0) is 27.4. The van der Waals surface area contributed by atoms with Gasteiger partial charge in [-0.25, -0.2) is 4.79 Å². The summed E-state index contributed by atoms with van der Waals surface area (Å²) in [6.07, 6.45) is -1.71. The highest BCUT2D eigenvalue weighted by atomic mass is 16.4. The molecule has 0 radical (unpaired) electrons. The van der Waals surface area contributed by atoms with Gasteiger partial charge in [-0.3, -0.25) is 19.2 Å². The summed E-state index contributed by atoms with van der Waals surface area (Å²) in [4.78, 5) is 60.7. The standard InChI is InChI=1S/C24H36N4O8/c1-13(2)11-18(24(35)36)27-23(34)20(14(3)29)28-22(33)17(12-15-7-5-4-6-8-15)26-21(32)16(25)9-10-19(30)31/h4-8,13-14,16-18,20,29H,9-12,25H2,1-3H3,(H,26,32)(H,27,34)(H,28,33)(H,30,31)(H,35,36). The molecule has 1 aromatic carbocycles. The minimum atomic E-state index is -1.50. The van der Waals surface area contributed by atoms with Crippen LogP contribution in [-0.4, -0.2) is 75.3 Å². The number of carbonyl (C=O) groups is 5. The summed E-state index contributed by atoms with van der Waals surface area (Å²) in [6, 6.07) is 3.56. The first-order valence-corrected chi connectivity index (χ1v) is 11.6. The van der Waals surface area contributed by atoms with Crippen molar-refractivity contribution in [3.63, 3.8) is 0 Å². The van der Waals surface area contributed by atoms with Gasteiger partial charge in [-0.15, -0.1) is 0 Å². The zero-order valence-corrected chi connectivity index (χ0v) is 20.6. The van der Waals surface area contributed by atoms with Gasteiger partial charge in [0.25, 0.3) is 0 Å². The number of nitrogens with one attached hydrogen (secondary N) is 3. The molecule has 12 nitrogen and oxygen atoms in total. The largest absolute Gasteiger partial charge is 0.481 e. The molecular weight excluding hydrogens is 472 g/mol. The molecule has 36 heavy (non-hydrogen) atoms. The Morgan fingerprint density at radius 3 is 1.94 bits per heavy atom. The maximum Gasteiger partial charge on any atom is 0.326 e. The van der Waals surface area contributed by atoms with Crippen molar-refractivity contribution in [2.24, 2.45) is 11.7 Å². The molecule has 0 spiro atoms. The Morgan fingerprint density at radius 2 is 1.44 bits per heavy atom. The van der Waals surface area contributed by atoms with Gasteiger partial charge in [0.15, 0.2) is 0 Å². The smallest absolute Gasteiger partial charge is 0.326 e. The van der Waals surface area contributed by atoms with Crippen LogP contribution in [0, 0.1) is 5.92 Å². The Morgan fingerprint density at radius 1 is 0.861 bits per heavy atom. The van der Waals surface area contributed by atoms with E-state index in [1.54, 1.807) is 44.2 Å². The molecule has 0 aliphatic rings. The van der Waals surface area contributed by atoms with E-state index in [4.69, 9.17) is 10.8 Å². The van der Waals surface area contributed by atoms with Gasteiger partial charge in [0.1, 0.15) is 18.1 Å². The van der Waals surface area contributed by atoms with E-state index in [-0.39, 0.29) is 31.6 Å². The Kier molecular flexibility index (Phi) is 12.5. The van der Waals surface area contributed by atoms with Crippen LogP contribution < -0.4 is 21.7 Å². The van der Waals surface area contributed by atoms with Crippen molar-refractivity contribution in [2.75, 3.05) is 0 Å². The maximum atomic E-state index is 13.1. The molecule has 0 saturated heterocycles. The quantitative estimate of drug-likeness (QED) is 0.161. The third-order valence-electron chi connectivity index (χ3n) is 5.31. The molecule has 0 aliphatic carbocycles. The number of carboxylic acids is 2. The second-order valence-electron chi connectivity index (χ2n) is 9.05. The van der Waals surface area contributed by atoms with Crippen LogP contribution in [0.5, 0.6) is 0 Å². The predicted octanol–water partition coefficient (Wildman–Crippen LogP) is -0.613. The first-order chi connectivity index (χ1) is 16.8. The first-order valence-electron chi connectivity index (χ1n) is 11.6. The summed E-state index contributed by atoms with van der Waals surface area (Å²) in [7, 11) is 0. The molecule has 0 aromatic heterocycles. The van der Waals surface area contributed by atoms with Gasteiger partial charge in [0.05, 0.1) is 12.1 Å². The number of aliphatic hydroxyl groups excluding tert-OH is 1. The van der Waals surface area contributed by atoms with Crippen LogP contribution in [0.4, 0.5) is 0 Å². The van der Waals surface area contributed by atoms with E-state index in [0.29, 0.717) is 5.56 Å². The van der Waals surface area contributed by atoms with Crippen LogP contribution in [-0.2, 0) is 30.4 Å². The van der Waals surface area contributed by atoms with Crippen molar-refractivity contribution >= 4 is 29.7 Å². The molecule has 0 bridgehead atoms. The van der Waals surface area contributed by atoms with Crippen LogP contribution in [0.3, 0.4) is 0 Å². The Hall–Kier alpha value is -3.51. The van der Waals surface area contributed by atoms with Crippen LogP contribution in [0.25, 0.3) is 0 Å². The number of nitrogens with two attached hydrogens (primary N) is 1. The van der Waals surface area contributed by atoms with Crippen LogP contribution in [0.2, 0.25) is 0 Å². The second kappa shape index (κ2) is 14.8. The molecule has 8 N–H and O–H groups in total. The van der Waals surface area contributed by atoms with E-state index >= 15 is 0 Å². The summed E-state index contributed by atoms with van der Waals surface area (Å²) in [6.45, 7) is 4.83. The van der Waals surface area contributed by atoms with Crippen molar-refractivity contribution in [3.05, 3.63) is 35.9 Å². The highest BCUT2D eigenvalue weighted by Crippen LogP contribution is 2.08. The summed E-state index contributed by atoms with van der Waals surface area (Å²) in [5.74, 6) is -4.88. The lowest BCUT2D eigenvalue weighted by atomic mass is 10.0. The van der Waals surface area contributed by atoms with E-state index < -0.39 is 59.9 Å². The number of rotatable bonds is 15. The normalized spacial score (nSPS) is 15.2. The lowest BCUT2D eigenvalue weighted by Gasteiger charge is -2.27. The van der Waals surface area contributed by atoms with Gasteiger partial charge in [-0.2, -0.15) is 0 Å². The second-order valence-corrected chi connectivity index (χ2v) is 9.05. The van der Waals surface area contributed by atoms with E-state index in [9.17, 15) is 34.2 Å². The number of aliphatic hydroxyl groups is 1. The van der Waals surface area contributed by atoms with E-state index in [2.05, 4.69) is 16.0 Å². The fourth-order valence-electron chi connectivity index (χ4n) is 3.36. The zero-order valence-electron chi connectivity index (χ0n) is 20.6. The summed E-state index contributed by atoms with van der Waals surface area (Å²) in [5.41, 5.74) is 6.44. The highest BCUT2D eigenvalue weighted by molar-refractivity contribution is 5.94. The fraction of sp³-hybridized carbons (Fsp3) is 0.542. The summed E-state index contributed by atoms with van der Waals surface area (Å²) in [5, 5.41) is 35.5. The number of benzene rings is 1. The first kappa shape index (κ1) is 30.5. The molecule has 0 aliphatic heterocycles. The predicted molar refractivity (Wildman–Crippen MR) is 130 cm³/mol. The van der Waals surface area contributed by atoms with Crippen molar-refractivity contribution in [1.82, 2.24) is 16.0 Å². The monoisotopic (exact) mass is 508 g/mol. The third-order valence-corrected chi connectivity index (χ3v) is 5.31. The Labute approximate surface area is 209 Å². The molecule has 1 aromatic rings. The summed E-state index contributed by atoms with van der Waals surface area (Å²) >= 11 is 0. The minimum Gasteiger partial charge on any atom is -0.481 e. The number of aliphatic carboxylic acids is 2. The summed E-state index contributed by atoms with van der Waals surface area (Å²) < 4.78 is 0. The fourth-order valence-corrected chi connectivity index (χ4v) is 3.36. The van der Waals surface area contributed by atoms with Gasteiger partial charge < -0.3 is 37.0 Å². The SMILES string of the molecule is CC(C)CC(NC(=O)C(NC(=O)C(Cc1ccccc1)NC(=O)C(N)CCC(=O)O)C(C)O)C(=O)O. The Bertz CT molecular complexity index is 907. The van der Waals surface area contributed by atoms with Crippen molar-refractivity contribution in [1.29, 1.82) is 0 Å². The lowest BCUT2D eigenvalue weighted by molar-refractivity contribution is -0.143. The average molecular weight is 509 g/mol. The lowest BCUT2D eigenvalue weighted by Crippen LogP contribution is -2.60. The van der Waals surface area contributed by atoms with Gasteiger partial charge in [0, 0.05) is 12.8 Å². The van der Waals surface area contributed by atoms with E-state index in [1.165, 1.54) is 6.92 Å². The molecule has 3 amide bonds. The molecule has 1 rings (SSSR count). The number of hydrogen-bond donors (Lipinski definition) is 7. The molecule has 12 heteroatoms. The van der Waals surface area contributed by atoms with Crippen molar-refractivity contribution < 1.29 is 39.3 Å². The number of hydrogen-bond acceptors (Lipinski definition) is 7. The molecule has 5 atom stereocenters. The number of carboxylic acid groups (broad SMARTS) is 2. The topological polar surface area (TPSA) is 208 Å². The van der Waals surface area contributed by atoms with Crippen molar-refractivity contribution in [2.45, 2.75) is 76.7 Å². The average Bonchev–Trinajstić information content (AvgIpc) is 2.79. The van der Waals surface area contributed by atoms with E-state index in [1.807, 2.05) is 0 Å². The maximum absolute atomic E-state index is 13.1. The van der Waals surface area contributed by atoms with Crippen LogP contribution in [0.1, 0.15) is 45.6 Å². The van der Waals surface area contributed by atoms with Crippen LogP contribution >= 0.6 is 0 Å². The van der Waals surface area contributed by atoms with Gasteiger partial charge in [0.2, 0.25) is 17.7 Å². The van der Waals surface area contributed by atoms with Crippen LogP contribution in [0.15, 0.2) is 30.3 Å². The van der Waals surface area contributed by atoms with Gasteiger partial charge in [-0.05, 0) is 31.2 Å². The molecule has 0 heterocycles. The molecule has 0 fully saturated rings. The third kappa shape index (κ3) is 10.8. The minimum absolute atomic E-state index is 0.0172. The molecular formula is C24H36N4O8. The van der Waals surface area contributed by atoms with Gasteiger partial charge >= 0.3 is 11.9 Å². The number of carbonyl (C=O) groups excluding carboxylic acids is 3. The van der Waals surface area contributed by atoms with Gasteiger partial charge in [-0.1, -0.05) is 44.2 Å². The molecule has 0 saturated carbocycles. The molecule has 200 valence electrons. The van der Waals surface area contributed by atoms with E-state index in [0.717, 1.165) is 0 Å². The molecule has 5 unspecified atom stereocenters. The van der Waals surface area contributed by atoms with Crippen molar-refractivity contribution in [3.8, 4) is 0 Å². The highest BCUT2D eigenvalue weighted by Gasteiger charge is 2.33. The Balaban J connectivity index is 3.05.